The van der Waals surface area contributed by atoms with Crippen LogP contribution >= 0.6 is 0 Å². The van der Waals surface area contributed by atoms with E-state index in [1.807, 2.05) is 195 Å². The molecule has 0 N–H and O–H groups in total. The fraction of sp³-hybridized carbons (Fsp3) is 0.123. The fourth-order valence-corrected chi connectivity index (χ4v) is 20.3. The average Bonchev–Trinajstić information content (AvgIpc) is 1.55. The van der Waals surface area contributed by atoms with Crippen molar-refractivity contribution in [3.63, 3.8) is 0 Å². The number of hydrogen-bond donors (Lipinski definition) is 0. The predicted molar refractivity (Wildman–Crippen MR) is 553 cm³/mol. The molecule has 15 nitrogen and oxygen atoms in total. The third-order valence-electron chi connectivity index (χ3n) is 27.6. The van der Waals surface area contributed by atoms with Crippen molar-refractivity contribution in [1.82, 2.24) is 74.8 Å². The Hall–Kier alpha value is -16.9. The van der Waals surface area contributed by atoms with E-state index < -0.39 is 0 Å². The smallest absolute Gasteiger partial charge is 0.159 e. The van der Waals surface area contributed by atoms with Crippen LogP contribution in [0, 0.1) is 0 Å². The van der Waals surface area contributed by atoms with Gasteiger partial charge in [-0.1, -0.05) is 305 Å². The maximum atomic E-state index is 5.28. The molecule has 0 unspecified atom stereocenters. The van der Waals surface area contributed by atoms with Crippen LogP contribution in [0.25, 0.3) is 190 Å². The summed E-state index contributed by atoms with van der Waals surface area (Å²) in [6.07, 6.45) is 5.89. The zero-order valence-electron chi connectivity index (χ0n) is 77.6. The molecule has 0 spiro atoms. The molecule has 0 radical (unpaired) electrons. The lowest BCUT2D eigenvalue weighted by Gasteiger charge is -2.22. The summed E-state index contributed by atoms with van der Waals surface area (Å²) in [4.78, 5) is 74.3. The summed E-state index contributed by atoms with van der Waals surface area (Å²) in [6.45, 7) is 22.1. The zero-order valence-corrected chi connectivity index (χ0v) is 77.6. The molecule has 137 heavy (non-hydrogen) atoms. The first-order chi connectivity index (χ1) is 66.7. The highest BCUT2D eigenvalue weighted by molar-refractivity contribution is 6.03. The monoisotopic (exact) mass is 1770 g/mol. The lowest BCUT2D eigenvalue weighted by molar-refractivity contribution is 0.618. The minimum atomic E-state index is -0.319. The molecule has 0 aliphatic heterocycles. The van der Waals surface area contributed by atoms with Crippen LogP contribution in [0.5, 0.6) is 0 Å². The topological polar surface area (TPSA) is 193 Å². The van der Waals surface area contributed by atoms with E-state index in [-0.39, 0.29) is 27.1 Å². The summed E-state index contributed by atoms with van der Waals surface area (Å²) in [5, 5.41) is 2.40. The van der Waals surface area contributed by atoms with Gasteiger partial charge in [0.2, 0.25) is 0 Å². The van der Waals surface area contributed by atoms with Crippen LogP contribution < -0.4 is 0 Å². The predicted octanol–water partition coefficient (Wildman–Crippen LogP) is 28.3. The number of pyridine rings is 5. The summed E-state index contributed by atoms with van der Waals surface area (Å²) < 4.78 is 0. The summed E-state index contributed by atoms with van der Waals surface area (Å²) in [6, 6.07) is 124. The zero-order chi connectivity index (χ0) is 93.1. The van der Waals surface area contributed by atoms with Crippen molar-refractivity contribution in [2.75, 3.05) is 0 Å². The van der Waals surface area contributed by atoms with E-state index in [0.717, 1.165) is 208 Å². The van der Waals surface area contributed by atoms with Crippen LogP contribution in [0.4, 0.5) is 0 Å². The number of hydrogen-bond acceptors (Lipinski definition) is 15. The Morgan fingerprint density at radius 1 is 0.168 bits per heavy atom. The number of benzene rings is 12. The van der Waals surface area contributed by atoms with Crippen molar-refractivity contribution in [2.24, 2.45) is 0 Å². The van der Waals surface area contributed by atoms with Gasteiger partial charge in [-0.3, -0.25) is 15.0 Å². The van der Waals surface area contributed by atoms with E-state index in [4.69, 9.17) is 74.8 Å². The number of fused-ring (bicyclic) bond motifs is 21. The molecule has 5 aliphatic rings. The van der Waals surface area contributed by atoms with Crippen molar-refractivity contribution in [2.45, 2.75) is 96.3 Å². The first kappa shape index (κ1) is 84.4. The highest BCUT2D eigenvalue weighted by Crippen LogP contribution is 2.55. The highest BCUT2D eigenvalue weighted by Gasteiger charge is 2.46. The Morgan fingerprint density at radius 2 is 0.562 bits per heavy atom. The Bertz CT molecular complexity index is 8350. The molecule has 10 heterocycles. The second-order valence-corrected chi connectivity index (χ2v) is 38.1. The Kier molecular flexibility index (Phi) is 20.5. The van der Waals surface area contributed by atoms with E-state index >= 15 is 0 Å². The van der Waals surface area contributed by atoms with E-state index in [9.17, 15) is 0 Å². The molecule has 0 fully saturated rings. The molecule has 0 atom stereocenters. The van der Waals surface area contributed by atoms with Gasteiger partial charge in [0, 0.05) is 101 Å². The molecule has 15 heteroatoms. The summed E-state index contributed by atoms with van der Waals surface area (Å²) in [5.41, 5.74) is 41.1. The standard InChI is InChI=1S/2C28H21N3.3C22H17N3/c1-28(2)26-21(25-27(28)30-23-16-10-9-15-22(23)29-25)17-20(18-11-5-3-6-12-18)24(31-26)19-13-7-4-8-14-19;1-28(2)23-20-15-9-10-16-21(20)24(18-11-5-3-6-12-18)30-25(23)22-17-29-27(31-26(22)28)19-13-7-4-8-14-19;1-22(2)16-13-23-19(14-8-4-3-5-9-14)12-15(16)20-21(22)25-18-11-7-6-10-17(18)24-20;1-22(2)16-12-15(14-8-4-3-5-9-14)13-23-19(16)20-21(22)25-18-11-7-6-10-17(18)24-20;1-22(2)15-12-13-16(14-8-4-3-5-9-14)23-19(15)20-21(22)25-18-11-7-6-10-17(18)24-20/h2*3-17H,1-2H3;3*3-13H,1-2H3. The van der Waals surface area contributed by atoms with Crippen LogP contribution in [0.3, 0.4) is 0 Å². The van der Waals surface area contributed by atoms with Crippen molar-refractivity contribution < 1.29 is 0 Å². The molecular weight excluding hydrogens is 1680 g/mol. The Morgan fingerprint density at radius 3 is 1.09 bits per heavy atom. The van der Waals surface area contributed by atoms with Crippen LogP contribution in [-0.2, 0) is 27.1 Å². The molecule has 27 rings (SSSR count). The van der Waals surface area contributed by atoms with Crippen LogP contribution in [0.1, 0.15) is 126 Å². The molecule has 0 saturated heterocycles. The fourth-order valence-electron chi connectivity index (χ4n) is 20.3. The largest absolute Gasteiger partial charge is 0.256 e. The average molecular weight is 1770 g/mol. The summed E-state index contributed by atoms with van der Waals surface area (Å²) in [7, 11) is 0. The van der Waals surface area contributed by atoms with Gasteiger partial charge >= 0.3 is 0 Å². The third-order valence-corrected chi connectivity index (χ3v) is 27.6. The minimum absolute atomic E-state index is 0.191. The summed E-state index contributed by atoms with van der Waals surface area (Å²) >= 11 is 0. The molecule has 12 aromatic carbocycles. The molecule has 5 aliphatic carbocycles. The van der Waals surface area contributed by atoms with E-state index in [2.05, 4.69) is 257 Å². The molecule has 0 amide bonds. The van der Waals surface area contributed by atoms with Crippen LogP contribution in [0.15, 0.2) is 383 Å². The molecular formula is C122H93N15. The van der Waals surface area contributed by atoms with Gasteiger partial charge in [-0.25, -0.2) is 59.8 Å². The lowest BCUT2D eigenvalue weighted by Crippen LogP contribution is -2.19. The van der Waals surface area contributed by atoms with Gasteiger partial charge in [0.05, 0.1) is 135 Å². The number of para-hydroxylation sites is 8. The first-order valence-electron chi connectivity index (χ1n) is 46.6. The van der Waals surface area contributed by atoms with Gasteiger partial charge in [-0.05, 0) is 167 Å². The van der Waals surface area contributed by atoms with E-state index in [0.29, 0.717) is 0 Å². The first-order valence-corrected chi connectivity index (χ1v) is 46.6. The molecule has 10 aromatic heterocycles. The molecule has 656 valence electrons. The Balaban J connectivity index is 0.0000000965. The van der Waals surface area contributed by atoms with Gasteiger partial charge in [-0.2, -0.15) is 0 Å². The van der Waals surface area contributed by atoms with Gasteiger partial charge < -0.3 is 0 Å². The number of rotatable bonds is 7. The maximum Gasteiger partial charge on any atom is 0.159 e. The van der Waals surface area contributed by atoms with Crippen molar-refractivity contribution >= 4 is 54.9 Å². The molecule has 0 saturated carbocycles. The quantitative estimate of drug-likeness (QED) is 0.146. The minimum Gasteiger partial charge on any atom is -0.256 e. The van der Waals surface area contributed by atoms with Crippen LogP contribution in [0.2, 0.25) is 0 Å². The Labute approximate surface area is 795 Å². The second kappa shape index (κ2) is 33.4. The van der Waals surface area contributed by atoms with Crippen molar-refractivity contribution in [3.05, 3.63) is 439 Å². The van der Waals surface area contributed by atoms with Crippen molar-refractivity contribution in [3.8, 4) is 135 Å². The van der Waals surface area contributed by atoms with Crippen LogP contribution in [-0.4, -0.2) is 74.8 Å². The van der Waals surface area contributed by atoms with Gasteiger partial charge in [-0.15, -0.1) is 0 Å². The molecule has 22 aromatic rings. The maximum absolute atomic E-state index is 5.28. The SMILES string of the molecule is CC1(C)c2cc(-c3ccccc3)cnc2-c2nc3ccccc3nc21.CC1(C)c2ccc(-c3ccccc3)nc2-c2nc3ccccc3nc21.CC1(C)c2cnc(-c3ccccc3)cc2-c2nc3ccccc3nc21.CC1(C)c2nc(-c3ccccc3)c(-c3ccccc3)cc2-c2nc3ccccc3nc21.CC1(C)c2nc(-c3ccccc3)ncc2-c2nc(-c3ccccc3)c3ccccc3c21. The number of nitrogens with zero attached hydrogens (tertiary/aromatic N) is 15. The van der Waals surface area contributed by atoms with E-state index in [1.54, 1.807) is 0 Å². The highest BCUT2D eigenvalue weighted by atomic mass is 15.0. The van der Waals surface area contributed by atoms with Gasteiger partial charge in [0.1, 0.15) is 11.4 Å². The second-order valence-electron chi connectivity index (χ2n) is 38.1. The number of aromatic nitrogens is 15. The van der Waals surface area contributed by atoms with Gasteiger partial charge in [0.25, 0.3) is 0 Å². The lowest BCUT2D eigenvalue weighted by atomic mass is 9.82. The van der Waals surface area contributed by atoms with E-state index in [1.165, 1.54) is 38.6 Å². The normalized spacial score (nSPS) is 14.1. The molecule has 0 bridgehead atoms. The van der Waals surface area contributed by atoms with Crippen molar-refractivity contribution in [1.29, 1.82) is 0 Å². The summed E-state index contributed by atoms with van der Waals surface area (Å²) in [5.74, 6) is 0.757. The third kappa shape index (κ3) is 14.6. The van der Waals surface area contributed by atoms with Gasteiger partial charge in [0.15, 0.2) is 5.82 Å².